The van der Waals surface area contributed by atoms with Crippen molar-refractivity contribution in [3.63, 3.8) is 0 Å². The minimum absolute atomic E-state index is 0.0902. The molecule has 2 nitrogen and oxygen atoms in total. The number of hydrazine groups is 1. The van der Waals surface area contributed by atoms with Crippen LogP contribution in [-0.4, -0.2) is 0 Å². The lowest BCUT2D eigenvalue weighted by Gasteiger charge is -2.18. The average molecular weight is 232 g/mol. The number of thiophene rings is 1. The maximum Gasteiger partial charge on any atom is 0.0723 e. The van der Waals surface area contributed by atoms with Gasteiger partial charge in [-0.2, -0.15) is 0 Å². The van der Waals surface area contributed by atoms with Crippen LogP contribution in [0.15, 0.2) is 35.7 Å². The van der Waals surface area contributed by atoms with Gasteiger partial charge in [-0.15, -0.1) is 11.3 Å². The molecule has 1 aromatic carbocycles. The molecule has 1 heterocycles. The lowest BCUT2D eigenvalue weighted by atomic mass is 9.96. The van der Waals surface area contributed by atoms with Crippen molar-refractivity contribution < 1.29 is 0 Å². The number of nitrogens with one attached hydrogen (secondary N) is 1. The molecule has 84 valence electrons. The lowest BCUT2D eigenvalue weighted by molar-refractivity contribution is 0.633. The summed E-state index contributed by atoms with van der Waals surface area (Å²) in [6.45, 7) is 4.24. The molecule has 16 heavy (non-hydrogen) atoms. The van der Waals surface area contributed by atoms with Gasteiger partial charge >= 0.3 is 0 Å². The minimum atomic E-state index is 0.0902. The highest BCUT2D eigenvalue weighted by Gasteiger charge is 2.16. The van der Waals surface area contributed by atoms with Crippen LogP contribution in [0.25, 0.3) is 0 Å². The van der Waals surface area contributed by atoms with E-state index in [-0.39, 0.29) is 6.04 Å². The molecule has 0 saturated heterocycles. The number of hydrogen-bond donors (Lipinski definition) is 2. The van der Waals surface area contributed by atoms with Gasteiger partial charge in [-0.1, -0.05) is 24.3 Å². The number of hydrogen-bond acceptors (Lipinski definition) is 3. The summed E-state index contributed by atoms with van der Waals surface area (Å²) < 4.78 is 0. The Balaban J connectivity index is 2.45. The third kappa shape index (κ3) is 2.02. The largest absolute Gasteiger partial charge is 0.271 e. The molecule has 2 rings (SSSR count). The van der Waals surface area contributed by atoms with Crippen molar-refractivity contribution in [2.75, 3.05) is 0 Å². The first-order valence-corrected chi connectivity index (χ1v) is 6.17. The molecule has 0 spiro atoms. The van der Waals surface area contributed by atoms with Crippen LogP contribution >= 0.6 is 11.3 Å². The summed E-state index contributed by atoms with van der Waals surface area (Å²) in [6, 6.07) is 10.6. The van der Waals surface area contributed by atoms with Crippen LogP contribution in [0.2, 0.25) is 0 Å². The summed E-state index contributed by atoms with van der Waals surface area (Å²) in [6.07, 6.45) is 0. The molecule has 0 radical (unpaired) electrons. The molecule has 1 aromatic heterocycles. The zero-order chi connectivity index (χ0) is 11.5. The highest BCUT2D eigenvalue weighted by atomic mass is 32.1. The molecule has 3 N–H and O–H groups in total. The fourth-order valence-corrected chi connectivity index (χ4v) is 2.69. The Morgan fingerprint density at radius 2 is 1.88 bits per heavy atom. The molecule has 0 saturated carbocycles. The number of benzene rings is 1. The van der Waals surface area contributed by atoms with Crippen molar-refractivity contribution in [2.24, 2.45) is 5.84 Å². The van der Waals surface area contributed by atoms with Crippen LogP contribution < -0.4 is 11.3 Å². The van der Waals surface area contributed by atoms with E-state index in [1.165, 1.54) is 21.6 Å². The van der Waals surface area contributed by atoms with Gasteiger partial charge in [-0.05, 0) is 42.0 Å². The van der Waals surface area contributed by atoms with E-state index in [4.69, 9.17) is 5.84 Å². The monoisotopic (exact) mass is 232 g/mol. The van der Waals surface area contributed by atoms with Crippen LogP contribution in [0.4, 0.5) is 0 Å². The number of nitrogens with two attached hydrogens (primary N) is 1. The lowest BCUT2D eigenvalue weighted by Crippen LogP contribution is -2.29. The van der Waals surface area contributed by atoms with Crippen molar-refractivity contribution in [3.8, 4) is 0 Å². The second-order valence-electron chi connectivity index (χ2n) is 3.89. The molecular formula is C13H16N2S. The zero-order valence-corrected chi connectivity index (χ0v) is 10.3. The molecule has 2 aromatic rings. The summed E-state index contributed by atoms with van der Waals surface area (Å²) in [7, 11) is 0. The van der Waals surface area contributed by atoms with E-state index < -0.39 is 0 Å². The van der Waals surface area contributed by atoms with Gasteiger partial charge in [0, 0.05) is 4.88 Å². The SMILES string of the molecule is Cc1ccccc1C(NN)c1ccsc1C. The average Bonchev–Trinajstić information content (AvgIpc) is 2.69. The summed E-state index contributed by atoms with van der Waals surface area (Å²) in [5.41, 5.74) is 6.68. The predicted molar refractivity (Wildman–Crippen MR) is 69.4 cm³/mol. The number of aryl methyl sites for hydroxylation is 2. The summed E-state index contributed by atoms with van der Waals surface area (Å²) in [5.74, 6) is 5.69. The van der Waals surface area contributed by atoms with E-state index in [0.717, 1.165) is 0 Å². The van der Waals surface area contributed by atoms with E-state index in [2.05, 4.69) is 42.9 Å². The molecule has 0 aliphatic carbocycles. The van der Waals surface area contributed by atoms with Crippen LogP contribution in [0.3, 0.4) is 0 Å². The first-order chi connectivity index (χ1) is 7.74. The van der Waals surface area contributed by atoms with Crippen LogP contribution in [0, 0.1) is 13.8 Å². The third-order valence-electron chi connectivity index (χ3n) is 2.88. The summed E-state index contributed by atoms with van der Waals surface area (Å²) in [5, 5.41) is 2.10. The Morgan fingerprint density at radius 1 is 1.12 bits per heavy atom. The molecule has 0 amide bonds. The second-order valence-corrected chi connectivity index (χ2v) is 5.01. The van der Waals surface area contributed by atoms with Crippen LogP contribution in [0.1, 0.15) is 27.6 Å². The Hall–Kier alpha value is -1.16. The highest BCUT2D eigenvalue weighted by molar-refractivity contribution is 7.10. The van der Waals surface area contributed by atoms with Crippen molar-refractivity contribution >= 4 is 11.3 Å². The topological polar surface area (TPSA) is 38.0 Å². The maximum atomic E-state index is 5.69. The first kappa shape index (κ1) is 11.3. The summed E-state index contributed by atoms with van der Waals surface area (Å²) >= 11 is 1.75. The Labute approximate surface area is 100 Å². The van der Waals surface area contributed by atoms with Crippen molar-refractivity contribution in [2.45, 2.75) is 19.9 Å². The van der Waals surface area contributed by atoms with Gasteiger partial charge in [0.05, 0.1) is 6.04 Å². The van der Waals surface area contributed by atoms with Gasteiger partial charge in [0.1, 0.15) is 0 Å². The highest BCUT2D eigenvalue weighted by Crippen LogP contribution is 2.29. The summed E-state index contributed by atoms with van der Waals surface area (Å²) in [4.78, 5) is 1.31. The van der Waals surface area contributed by atoms with Crippen LogP contribution in [-0.2, 0) is 0 Å². The smallest absolute Gasteiger partial charge is 0.0723 e. The predicted octanol–water partition coefficient (Wildman–Crippen LogP) is 2.92. The molecule has 0 bridgehead atoms. The van der Waals surface area contributed by atoms with Gasteiger partial charge in [-0.25, -0.2) is 5.43 Å². The van der Waals surface area contributed by atoms with E-state index in [0.29, 0.717) is 0 Å². The Bertz CT molecular complexity index is 476. The van der Waals surface area contributed by atoms with E-state index in [1.807, 2.05) is 12.1 Å². The van der Waals surface area contributed by atoms with Crippen LogP contribution in [0.5, 0.6) is 0 Å². The van der Waals surface area contributed by atoms with Gasteiger partial charge in [0.15, 0.2) is 0 Å². The van der Waals surface area contributed by atoms with Crippen molar-refractivity contribution in [1.29, 1.82) is 0 Å². The molecule has 0 fully saturated rings. The molecule has 3 heteroatoms. The van der Waals surface area contributed by atoms with Crippen molar-refractivity contribution in [1.82, 2.24) is 5.43 Å². The second kappa shape index (κ2) is 4.78. The fraction of sp³-hybridized carbons (Fsp3) is 0.231. The van der Waals surface area contributed by atoms with Gasteiger partial charge in [-0.3, -0.25) is 5.84 Å². The fourth-order valence-electron chi connectivity index (χ4n) is 1.95. The van der Waals surface area contributed by atoms with Gasteiger partial charge < -0.3 is 0 Å². The molecule has 0 aliphatic rings. The molecule has 1 unspecified atom stereocenters. The zero-order valence-electron chi connectivity index (χ0n) is 9.53. The molecule has 0 aliphatic heterocycles. The maximum absolute atomic E-state index is 5.69. The standard InChI is InChI=1S/C13H16N2S/c1-9-5-3-4-6-11(9)13(15-14)12-7-8-16-10(12)2/h3-8,13,15H,14H2,1-2H3. The van der Waals surface area contributed by atoms with Gasteiger partial charge in [0.25, 0.3) is 0 Å². The molecular weight excluding hydrogens is 216 g/mol. The van der Waals surface area contributed by atoms with E-state index in [9.17, 15) is 0 Å². The molecule has 1 atom stereocenters. The Kier molecular flexibility index (Phi) is 3.39. The Morgan fingerprint density at radius 3 is 2.44 bits per heavy atom. The van der Waals surface area contributed by atoms with E-state index >= 15 is 0 Å². The number of rotatable bonds is 3. The van der Waals surface area contributed by atoms with Crippen molar-refractivity contribution in [3.05, 3.63) is 57.3 Å². The first-order valence-electron chi connectivity index (χ1n) is 5.29. The third-order valence-corrected chi connectivity index (χ3v) is 3.74. The van der Waals surface area contributed by atoms with E-state index in [1.54, 1.807) is 11.3 Å². The quantitative estimate of drug-likeness (QED) is 0.631. The normalized spacial score (nSPS) is 12.7. The van der Waals surface area contributed by atoms with Gasteiger partial charge in [0.2, 0.25) is 0 Å². The minimum Gasteiger partial charge on any atom is -0.271 e.